The zero-order valence-electron chi connectivity index (χ0n) is 52.1. The normalized spacial score (nSPS) is 27.3. The fraction of sp³-hybridized carbons (Fsp3) is 0.597. The van der Waals surface area contributed by atoms with Crippen molar-refractivity contribution in [1.29, 1.82) is 0 Å². The van der Waals surface area contributed by atoms with Gasteiger partial charge in [-0.25, -0.2) is 14.4 Å². The molecule has 0 radical (unpaired) electrons. The van der Waals surface area contributed by atoms with E-state index in [0.717, 1.165) is 39.0 Å². The fourth-order valence-corrected chi connectivity index (χ4v) is 12.1. The molecule has 3 N–H and O–H groups in total. The molecule has 1 aliphatic heterocycles. The van der Waals surface area contributed by atoms with Crippen LogP contribution in [0.15, 0.2) is 108 Å². The summed E-state index contributed by atoms with van der Waals surface area (Å²) in [6, 6.07) is 4.91. The molecule has 4 aliphatic rings. The topological polar surface area (TPSA) is 246 Å². The minimum absolute atomic E-state index is 0.0277. The Labute approximate surface area is 502 Å². The molecule has 85 heavy (non-hydrogen) atoms. The SMILES string of the molecule is CC/C=C\C/C=C\C/C=C\C/C=C\C/C=C\C/C=C\CCC(=O)O[C@@H](C(=O)O[C@H]1C[C@@]2(O)[C@@H](OC(=O)c3ccccc3OC)C3[C@](C)(C(=O)[C@H](OC(=O)CC)C(=C1C)C2(C)C)[C@@H](O)C[C@H]1OC[C@@]31OC(C)=O)[C@H](CC(C)C)NC(=O)OC(C)(C)C. The van der Waals surface area contributed by atoms with Gasteiger partial charge in [-0.15, -0.1) is 0 Å². The third-order valence-electron chi connectivity index (χ3n) is 16.4. The lowest BCUT2D eigenvalue weighted by atomic mass is 9.44. The van der Waals surface area contributed by atoms with E-state index in [9.17, 15) is 34.2 Å². The van der Waals surface area contributed by atoms with Crippen molar-refractivity contribution in [3.8, 4) is 5.75 Å². The number of benzene rings is 1. The summed E-state index contributed by atoms with van der Waals surface area (Å²) < 4.78 is 48.5. The number of aliphatic hydroxyl groups is 2. The van der Waals surface area contributed by atoms with E-state index < -0.39 is 124 Å². The summed E-state index contributed by atoms with van der Waals surface area (Å²) in [5.74, 6) is -7.26. The molecule has 1 aromatic carbocycles. The van der Waals surface area contributed by atoms with Crippen molar-refractivity contribution in [2.45, 2.75) is 220 Å². The molecule has 3 fully saturated rings. The van der Waals surface area contributed by atoms with Crippen LogP contribution < -0.4 is 10.1 Å². The highest BCUT2D eigenvalue weighted by molar-refractivity contribution is 5.96. The average Bonchev–Trinajstić information content (AvgIpc) is 0.692. The molecule has 1 saturated heterocycles. The van der Waals surface area contributed by atoms with Crippen molar-refractivity contribution < 1.29 is 81.7 Å². The number of rotatable bonds is 27. The zero-order valence-corrected chi connectivity index (χ0v) is 52.1. The van der Waals surface area contributed by atoms with Gasteiger partial charge in [0.1, 0.15) is 40.8 Å². The van der Waals surface area contributed by atoms with Crippen molar-refractivity contribution in [1.82, 2.24) is 5.32 Å². The summed E-state index contributed by atoms with van der Waals surface area (Å²) in [6.45, 7) is 19.2. The van der Waals surface area contributed by atoms with Gasteiger partial charge in [0.2, 0.25) is 6.10 Å². The minimum Gasteiger partial charge on any atom is -0.496 e. The Balaban J connectivity index is 1.53. The van der Waals surface area contributed by atoms with Crippen LogP contribution in [-0.4, -0.2) is 125 Å². The largest absolute Gasteiger partial charge is 0.496 e. The molecule has 18 nitrogen and oxygen atoms in total. The van der Waals surface area contributed by atoms with E-state index in [4.69, 9.17) is 37.9 Å². The monoisotopic (exact) mass is 1180 g/mol. The maximum Gasteiger partial charge on any atom is 0.408 e. The number of carbonyl (C=O) groups is 7. The first-order chi connectivity index (χ1) is 40.1. The maximum absolute atomic E-state index is 16.0. The first-order valence-corrected chi connectivity index (χ1v) is 29.9. The van der Waals surface area contributed by atoms with Crippen molar-refractivity contribution in [2.75, 3.05) is 13.7 Å². The Bertz CT molecular complexity index is 2740. The van der Waals surface area contributed by atoms with Crippen LogP contribution in [0, 0.1) is 22.7 Å². The van der Waals surface area contributed by atoms with Gasteiger partial charge >= 0.3 is 35.9 Å². The Morgan fingerprint density at radius 2 is 1.40 bits per heavy atom. The van der Waals surface area contributed by atoms with Gasteiger partial charge in [-0.05, 0) is 115 Å². The minimum atomic E-state index is -2.49. The highest BCUT2D eigenvalue weighted by atomic mass is 16.6. The lowest BCUT2D eigenvalue weighted by Gasteiger charge is -2.67. The average molecular weight is 1180 g/mol. The Morgan fingerprint density at radius 3 is 1.92 bits per heavy atom. The van der Waals surface area contributed by atoms with Crippen LogP contribution in [-0.2, 0) is 57.1 Å². The standard InChI is InChI=1S/C67H93NO17/c1-14-16-17-18-19-20-21-22-23-24-25-26-27-28-29-30-31-32-33-38-53(72)82-55(47(39-43(3)4)68-62(76)85-63(7,8)9)61(75)80-49-41-67(77)59(83-60(74)46-36-34-35-37-48(46)78-13)57-65(12,50(70)40-51-66(57,42-79-51)84-45(6)69)58(73)56(81-52(71)15-2)54(44(49)5)64(67,10)11/h16-17,19-20,22-23,25-26,28-29,31-32,34-37,43,47,49-51,55-57,59,70,77H,14-15,18,21,24,27,30,33,38-42H2,1-13H3,(H,68,76)/b17-16-,20-19-,23-22-,26-25-,29-28-,32-31-/t47-,49-,50-,51+,55+,56+,57?,59-,65+,66-,67+/m0/s1. The van der Waals surface area contributed by atoms with Crippen LogP contribution in [0.4, 0.5) is 4.79 Å². The number of carbonyl (C=O) groups excluding carboxylic acids is 7. The van der Waals surface area contributed by atoms with Gasteiger partial charge in [-0.3, -0.25) is 19.2 Å². The van der Waals surface area contributed by atoms with Gasteiger partial charge < -0.3 is 53.4 Å². The number of para-hydroxylation sites is 1. The second-order valence-corrected chi connectivity index (χ2v) is 24.5. The predicted octanol–water partition coefficient (Wildman–Crippen LogP) is 10.9. The Morgan fingerprint density at radius 1 is 0.824 bits per heavy atom. The van der Waals surface area contributed by atoms with E-state index in [0.29, 0.717) is 6.42 Å². The van der Waals surface area contributed by atoms with Crippen molar-refractivity contribution in [3.63, 3.8) is 0 Å². The van der Waals surface area contributed by atoms with E-state index in [-0.39, 0.29) is 67.1 Å². The van der Waals surface area contributed by atoms with Gasteiger partial charge in [-0.1, -0.05) is 127 Å². The van der Waals surface area contributed by atoms with Crippen molar-refractivity contribution >= 4 is 41.7 Å². The number of alkyl carbamates (subject to hydrolysis) is 1. The number of nitrogens with one attached hydrogen (secondary N) is 1. The van der Waals surface area contributed by atoms with E-state index in [2.05, 4.69) is 60.8 Å². The first kappa shape index (κ1) is 69.1. The summed E-state index contributed by atoms with van der Waals surface area (Å²) in [4.78, 5) is 101. The maximum atomic E-state index is 16.0. The molecule has 1 unspecified atom stereocenters. The van der Waals surface area contributed by atoms with Crippen LogP contribution in [0.3, 0.4) is 0 Å². The van der Waals surface area contributed by atoms with Gasteiger partial charge in [0.05, 0.1) is 37.2 Å². The van der Waals surface area contributed by atoms with Crippen LogP contribution >= 0.6 is 0 Å². The van der Waals surface area contributed by atoms with Crippen molar-refractivity contribution in [2.24, 2.45) is 22.7 Å². The number of amides is 1. The van der Waals surface area contributed by atoms with Crippen LogP contribution in [0.25, 0.3) is 0 Å². The highest BCUT2D eigenvalue weighted by Crippen LogP contribution is 2.64. The quantitative estimate of drug-likeness (QED) is 0.0421. The van der Waals surface area contributed by atoms with E-state index in [1.54, 1.807) is 46.8 Å². The van der Waals surface area contributed by atoms with Crippen LogP contribution in [0.2, 0.25) is 0 Å². The Kier molecular flexibility index (Phi) is 24.9. The molecule has 0 spiro atoms. The molecule has 18 heteroatoms. The van der Waals surface area contributed by atoms with Gasteiger partial charge in [0, 0.05) is 38.0 Å². The second kappa shape index (κ2) is 30.6. The smallest absolute Gasteiger partial charge is 0.408 e. The number of esters is 5. The number of ketones is 1. The molecule has 2 saturated carbocycles. The summed E-state index contributed by atoms with van der Waals surface area (Å²) in [5, 5.41) is 29.2. The fourth-order valence-electron chi connectivity index (χ4n) is 12.1. The van der Waals surface area contributed by atoms with Crippen LogP contribution in [0.1, 0.15) is 170 Å². The number of methoxy groups -OCH3 is 1. The molecule has 0 aromatic heterocycles. The molecule has 1 heterocycles. The number of aliphatic hydroxyl groups excluding tert-OH is 1. The molecule has 3 aliphatic carbocycles. The van der Waals surface area contributed by atoms with Gasteiger partial charge in [0.25, 0.3) is 0 Å². The molecular weight excluding hydrogens is 1090 g/mol. The molecule has 11 atom stereocenters. The summed E-state index contributed by atoms with van der Waals surface area (Å²) in [6.07, 6.45) is 18.3. The molecule has 2 bridgehead atoms. The molecule has 468 valence electrons. The van der Waals surface area contributed by atoms with E-state index in [1.165, 1.54) is 40.0 Å². The predicted molar refractivity (Wildman–Crippen MR) is 320 cm³/mol. The third-order valence-corrected chi connectivity index (χ3v) is 16.4. The molecule has 5 rings (SSSR count). The number of ether oxygens (including phenoxy) is 8. The molecular formula is C67H93NO17. The van der Waals surface area contributed by atoms with Gasteiger partial charge in [-0.2, -0.15) is 0 Å². The molecule has 1 amide bonds. The molecule has 1 aromatic rings. The second-order valence-electron chi connectivity index (χ2n) is 24.5. The number of Topliss-reactive ketones (excluding diaryl/α,β-unsaturated/α-hetero) is 1. The first-order valence-electron chi connectivity index (χ1n) is 29.9. The lowest BCUT2D eigenvalue weighted by Crippen LogP contribution is -2.82. The number of hydrogen-bond donors (Lipinski definition) is 3. The number of hydrogen-bond acceptors (Lipinski definition) is 17. The third kappa shape index (κ3) is 16.9. The van der Waals surface area contributed by atoms with E-state index in [1.807, 2.05) is 38.2 Å². The number of allylic oxidation sites excluding steroid dienone is 12. The lowest BCUT2D eigenvalue weighted by molar-refractivity contribution is -0.346. The zero-order chi connectivity index (χ0) is 62.9. The summed E-state index contributed by atoms with van der Waals surface area (Å²) in [7, 11) is 1.35. The van der Waals surface area contributed by atoms with E-state index >= 15 is 9.59 Å². The summed E-state index contributed by atoms with van der Waals surface area (Å²) in [5.41, 5.74) is -9.14. The van der Waals surface area contributed by atoms with Crippen molar-refractivity contribution in [3.05, 3.63) is 114 Å². The number of fused-ring (bicyclic) bond motifs is 5. The van der Waals surface area contributed by atoms with Crippen LogP contribution in [0.5, 0.6) is 5.75 Å². The Hall–Kier alpha value is -6.63. The highest BCUT2D eigenvalue weighted by Gasteiger charge is 2.78. The van der Waals surface area contributed by atoms with Gasteiger partial charge in [0.15, 0.2) is 17.5 Å². The summed E-state index contributed by atoms with van der Waals surface area (Å²) >= 11 is 0.